The van der Waals surface area contributed by atoms with Crippen LogP contribution in [0.5, 0.6) is 0 Å². The second kappa shape index (κ2) is 7.33. The maximum absolute atomic E-state index is 13.3. The summed E-state index contributed by atoms with van der Waals surface area (Å²) < 4.78 is 49.0. The Balaban J connectivity index is 2.69. The molecule has 4 nitrogen and oxygen atoms in total. The molecule has 0 aliphatic rings. The summed E-state index contributed by atoms with van der Waals surface area (Å²) in [5.41, 5.74) is 0.485. The van der Waals surface area contributed by atoms with Gasteiger partial charge in [0.25, 0.3) is 10.1 Å². The van der Waals surface area contributed by atoms with Crippen molar-refractivity contribution in [2.75, 3.05) is 12.9 Å². The van der Waals surface area contributed by atoms with Crippen molar-refractivity contribution in [2.24, 2.45) is 5.41 Å². The van der Waals surface area contributed by atoms with Gasteiger partial charge in [0.05, 0.1) is 11.9 Å². The normalized spacial score (nSPS) is 14.1. The van der Waals surface area contributed by atoms with Gasteiger partial charge in [0, 0.05) is 7.11 Å². The second-order valence-corrected chi connectivity index (χ2v) is 7.47. The minimum atomic E-state index is -3.91. The highest BCUT2D eigenvalue weighted by Crippen LogP contribution is 2.40. The Morgan fingerprint density at radius 3 is 2.52 bits per heavy atom. The fourth-order valence-electron chi connectivity index (χ4n) is 2.57. The third-order valence-corrected chi connectivity index (χ3v) is 4.37. The minimum absolute atomic E-state index is 0.235. The Hall–Kier alpha value is -0.980. The number of benzene rings is 1. The molecule has 0 aliphatic heterocycles. The lowest BCUT2D eigenvalue weighted by Gasteiger charge is -2.34. The molecule has 0 amide bonds. The zero-order valence-electron chi connectivity index (χ0n) is 12.7. The van der Waals surface area contributed by atoms with Crippen LogP contribution in [0.2, 0.25) is 0 Å². The molecule has 1 aromatic carbocycles. The van der Waals surface area contributed by atoms with Gasteiger partial charge in [-0.05, 0) is 36.0 Å². The van der Waals surface area contributed by atoms with Gasteiger partial charge in [0.2, 0.25) is 0 Å². The van der Waals surface area contributed by atoms with Crippen molar-refractivity contribution in [3.8, 4) is 0 Å². The zero-order valence-corrected chi connectivity index (χ0v) is 13.5. The topological polar surface area (TPSA) is 63.6 Å². The SMILES string of the molecule is COC(c1cccc(F)c1)C(C)(C)CCCCS(=O)(=O)O. The molecule has 1 atom stereocenters. The van der Waals surface area contributed by atoms with E-state index in [-0.39, 0.29) is 23.1 Å². The third kappa shape index (κ3) is 6.11. The first-order chi connectivity index (χ1) is 9.65. The maximum Gasteiger partial charge on any atom is 0.264 e. The van der Waals surface area contributed by atoms with Crippen LogP contribution in [-0.2, 0) is 14.9 Å². The first-order valence-electron chi connectivity index (χ1n) is 6.89. The first kappa shape index (κ1) is 18.1. The monoisotopic (exact) mass is 318 g/mol. The highest BCUT2D eigenvalue weighted by atomic mass is 32.2. The van der Waals surface area contributed by atoms with Crippen molar-refractivity contribution in [1.82, 2.24) is 0 Å². The van der Waals surface area contributed by atoms with Crippen LogP contribution in [-0.4, -0.2) is 25.8 Å². The predicted molar refractivity (Wildman–Crippen MR) is 80.2 cm³/mol. The Kier molecular flexibility index (Phi) is 6.31. The Morgan fingerprint density at radius 2 is 2.00 bits per heavy atom. The lowest BCUT2D eigenvalue weighted by atomic mass is 9.78. The molecule has 1 aromatic rings. The molecule has 21 heavy (non-hydrogen) atoms. The van der Waals surface area contributed by atoms with Crippen molar-refractivity contribution in [3.63, 3.8) is 0 Å². The minimum Gasteiger partial charge on any atom is -0.376 e. The van der Waals surface area contributed by atoms with E-state index in [1.165, 1.54) is 12.1 Å². The van der Waals surface area contributed by atoms with Gasteiger partial charge in [-0.15, -0.1) is 0 Å². The van der Waals surface area contributed by atoms with E-state index in [1.54, 1.807) is 13.2 Å². The van der Waals surface area contributed by atoms with Crippen LogP contribution in [0.1, 0.15) is 44.8 Å². The lowest BCUT2D eigenvalue weighted by Crippen LogP contribution is -2.24. The maximum atomic E-state index is 13.3. The van der Waals surface area contributed by atoms with Gasteiger partial charge in [0.1, 0.15) is 5.82 Å². The van der Waals surface area contributed by atoms with E-state index in [2.05, 4.69) is 0 Å². The number of methoxy groups -OCH3 is 1. The average Bonchev–Trinajstić information content (AvgIpc) is 2.34. The van der Waals surface area contributed by atoms with Gasteiger partial charge in [-0.25, -0.2) is 4.39 Å². The molecule has 1 unspecified atom stereocenters. The van der Waals surface area contributed by atoms with E-state index < -0.39 is 10.1 Å². The van der Waals surface area contributed by atoms with E-state index in [0.717, 1.165) is 5.56 Å². The van der Waals surface area contributed by atoms with Crippen LogP contribution in [0.15, 0.2) is 24.3 Å². The molecular formula is C15H23FO4S. The smallest absolute Gasteiger partial charge is 0.264 e. The molecule has 0 aromatic heterocycles. The van der Waals surface area contributed by atoms with Crippen LogP contribution in [0, 0.1) is 11.2 Å². The first-order valence-corrected chi connectivity index (χ1v) is 8.50. The molecule has 0 fully saturated rings. The van der Waals surface area contributed by atoms with Crippen LogP contribution < -0.4 is 0 Å². The quantitative estimate of drug-likeness (QED) is 0.587. The van der Waals surface area contributed by atoms with E-state index in [0.29, 0.717) is 19.3 Å². The molecule has 0 radical (unpaired) electrons. The van der Waals surface area contributed by atoms with Crippen LogP contribution in [0.3, 0.4) is 0 Å². The molecule has 0 heterocycles. The van der Waals surface area contributed by atoms with Crippen LogP contribution >= 0.6 is 0 Å². The largest absolute Gasteiger partial charge is 0.376 e. The van der Waals surface area contributed by atoms with Crippen molar-refractivity contribution < 1.29 is 22.1 Å². The average molecular weight is 318 g/mol. The number of hydrogen-bond donors (Lipinski definition) is 1. The summed E-state index contributed by atoms with van der Waals surface area (Å²) in [4.78, 5) is 0. The molecule has 0 spiro atoms. The number of halogens is 1. The molecular weight excluding hydrogens is 295 g/mol. The van der Waals surface area contributed by atoms with Crippen LogP contribution in [0.25, 0.3) is 0 Å². The standard InChI is InChI=1S/C15H23FO4S/c1-15(2,9-4-5-10-21(17,18)19)14(20-3)12-7-6-8-13(16)11-12/h6-8,11,14H,4-5,9-10H2,1-3H3,(H,17,18,19). The predicted octanol–water partition coefficient (Wildman–Crippen LogP) is 3.60. The van der Waals surface area contributed by atoms with Gasteiger partial charge in [0.15, 0.2) is 0 Å². The molecule has 0 saturated carbocycles. The van der Waals surface area contributed by atoms with Gasteiger partial charge in [-0.1, -0.05) is 32.4 Å². The summed E-state index contributed by atoms with van der Waals surface area (Å²) in [5, 5.41) is 0. The van der Waals surface area contributed by atoms with E-state index >= 15 is 0 Å². The Labute approximate surface area is 126 Å². The Bertz CT molecular complexity index is 555. The van der Waals surface area contributed by atoms with E-state index in [4.69, 9.17) is 9.29 Å². The van der Waals surface area contributed by atoms with E-state index in [9.17, 15) is 12.8 Å². The number of rotatable bonds is 8. The molecule has 6 heteroatoms. The molecule has 0 saturated heterocycles. The summed E-state index contributed by atoms with van der Waals surface area (Å²) in [6.45, 7) is 4.00. The fraction of sp³-hybridized carbons (Fsp3) is 0.600. The summed E-state index contributed by atoms with van der Waals surface area (Å²) >= 11 is 0. The molecule has 0 aliphatic carbocycles. The number of hydrogen-bond acceptors (Lipinski definition) is 3. The summed E-state index contributed by atoms with van der Waals surface area (Å²) in [6.07, 6.45) is 1.46. The molecule has 1 rings (SSSR count). The van der Waals surface area contributed by atoms with Crippen molar-refractivity contribution in [3.05, 3.63) is 35.6 Å². The summed E-state index contributed by atoms with van der Waals surface area (Å²) in [6, 6.07) is 6.30. The number of unbranched alkanes of at least 4 members (excludes halogenated alkanes) is 1. The van der Waals surface area contributed by atoms with Gasteiger partial charge in [-0.2, -0.15) is 8.42 Å². The number of ether oxygens (including phenoxy) is 1. The summed E-state index contributed by atoms with van der Waals surface area (Å²) in [7, 11) is -2.33. The van der Waals surface area contributed by atoms with E-state index in [1.807, 2.05) is 19.9 Å². The highest BCUT2D eigenvalue weighted by Gasteiger charge is 2.30. The third-order valence-electron chi connectivity index (χ3n) is 3.57. The zero-order chi connectivity index (χ0) is 16.1. The summed E-state index contributed by atoms with van der Waals surface area (Å²) in [5.74, 6) is -0.544. The highest BCUT2D eigenvalue weighted by molar-refractivity contribution is 7.85. The van der Waals surface area contributed by atoms with Crippen molar-refractivity contribution in [2.45, 2.75) is 39.2 Å². The van der Waals surface area contributed by atoms with Gasteiger partial charge in [-0.3, -0.25) is 4.55 Å². The molecule has 120 valence electrons. The van der Waals surface area contributed by atoms with Crippen molar-refractivity contribution >= 4 is 10.1 Å². The second-order valence-electron chi connectivity index (χ2n) is 5.90. The van der Waals surface area contributed by atoms with Crippen LogP contribution in [0.4, 0.5) is 4.39 Å². The molecule has 0 bridgehead atoms. The van der Waals surface area contributed by atoms with Crippen molar-refractivity contribution in [1.29, 1.82) is 0 Å². The van der Waals surface area contributed by atoms with Gasteiger partial charge >= 0.3 is 0 Å². The lowest BCUT2D eigenvalue weighted by molar-refractivity contribution is -0.000943. The Morgan fingerprint density at radius 1 is 1.33 bits per heavy atom. The molecule has 1 N–H and O–H groups in total. The fourth-order valence-corrected chi connectivity index (χ4v) is 3.14. The van der Waals surface area contributed by atoms with Gasteiger partial charge < -0.3 is 4.74 Å².